The quantitative estimate of drug-likeness (QED) is 0.642. The largest absolute Gasteiger partial charge is 0.311 e. The molecule has 1 aliphatic rings. The Hall–Kier alpha value is -0.830. The maximum absolute atomic E-state index is 4.79. The van der Waals surface area contributed by atoms with Crippen molar-refractivity contribution < 1.29 is 0 Å². The van der Waals surface area contributed by atoms with Gasteiger partial charge in [-0.05, 0) is 45.7 Å². The molecule has 0 bridgehead atoms. The Morgan fingerprint density at radius 1 is 1.25 bits per heavy atom. The van der Waals surface area contributed by atoms with Gasteiger partial charge in [-0.1, -0.05) is 32.6 Å². The van der Waals surface area contributed by atoms with Crippen LogP contribution in [0.4, 0.5) is 0 Å². The highest BCUT2D eigenvalue weighted by Gasteiger charge is 2.27. The van der Waals surface area contributed by atoms with E-state index in [0.29, 0.717) is 6.04 Å². The van der Waals surface area contributed by atoms with Crippen molar-refractivity contribution in [1.82, 2.24) is 15.1 Å². The Morgan fingerprint density at radius 2 is 2.00 bits per heavy atom. The normalized spacial score (nSPS) is 15.2. The highest BCUT2D eigenvalue weighted by Crippen LogP contribution is 2.39. The van der Waals surface area contributed by atoms with Crippen LogP contribution in [0.3, 0.4) is 0 Å². The second-order valence-electron chi connectivity index (χ2n) is 6.46. The first-order valence-electron chi connectivity index (χ1n) is 8.51. The zero-order valence-corrected chi connectivity index (χ0v) is 13.5. The molecule has 1 heterocycles. The Morgan fingerprint density at radius 3 is 2.65 bits per heavy atom. The molecule has 1 aliphatic carbocycles. The Balaban J connectivity index is 1.74. The number of rotatable bonds is 10. The molecular weight excluding hydrogens is 246 g/mol. The Labute approximate surface area is 124 Å². The van der Waals surface area contributed by atoms with Crippen LogP contribution >= 0.6 is 0 Å². The van der Waals surface area contributed by atoms with Crippen LogP contribution in [0, 0.1) is 0 Å². The first-order chi connectivity index (χ1) is 9.72. The fourth-order valence-electron chi connectivity index (χ4n) is 2.68. The molecule has 20 heavy (non-hydrogen) atoms. The van der Waals surface area contributed by atoms with Gasteiger partial charge in [-0.3, -0.25) is 4.68 Å². The number of unbranched alkanes of at least 4 members (excludes halogenated alkanes) is 4. The molecule has 0 aliphatic heterocycles. The smallest absolute Gasteiger partial charge is 0.0659 e. The number of hydrogen-bond acceptors (Lipinski definition) is 2. The van der Waals surface area contributed by atoms with Crippen LogP contribution < -0.4 is 5.32 Å². The number of nitrogens with zero attached hydrogens (tertiary/aromatic N) is 2. The molecule has 1 aromatic heterocycles. The predicted octanol–water partition coefficient (Wildman–Crippen LogP) is 4.40. The monoisotopic (exact) mass is 277 g/mol. The molecule has 3 heteroatoms. The Bertz CT molecular complexity index is 391. The van der Waals surface area contributed by atoms with Crippen LogP contribution in [-0.2, 0) is 6.54 Å². The SMILES string of the molecule is CCCCCCCNCc1cc(C2CC2)nn1C(C)C. The molecule has 0 saturated heterocycles. The van der Waals surface area contributed by atoms with Crippen molar-refractivity contribution in [1.29, 1.82) is 0 Å². The summed E-state index contributed by atoms with van der Waals surface area (Å²) in [6, 6.07) is 2.78. The van der Waals surface area contributed by atoms with Gasteiger partial charge in [-0.15, -0.1) is 0 Å². The van der Waals surface area contributed by atoms with E-state index in [1.807, 2.05) is 0 Å². The standard InChI is InChI=1S/C17H31N3/c1-4-5-6-7-8-11-18-13-16-12-17(15-9-10-15)19-20(16)14(2)3/h12,14-15,18H,4-11,13H2,1-3H3. The van der Waals surface area contributed by atoms with E-state index >= 15 is 0 Å². The van der Waals surface area contributed by atoms with Gasteiger partial charge in [-0.25, -0.2) is 0 Å². The molecule has 1 fully saturated rings. The van der Waals surface area contributed by atoms with Crippen molar-refractivity contribution in [3.63, 3.8) is 0 Å². The second-order valence-corrected chi connectivity index (χ2v) is 6.46. The average molecular weight is 277 g/mol. The molecule has 1 N–H and O–H groups in total. The van der Waals surface area contributed by atoms with Crippen molar-refractivity contribution in [3.8, 4) is 0 Å². The summed E-state index contributed by atoms with van der Waals surface area (Å²) in [5, 5.41) is 8.37. The summed E-state index contributed by atoms with van der Waals surface area (Å²) in [5.41, 5.74) is 2.67. The van der Waals surface area contributed by atoms with E-state index in [4.69, 9.17) is 5.10 Å². The van der Waals surface area contributed by atoms with Crippen LogP contribution in [0.15, 0.2) is 6.07 Å². The van der Waals surface area contributed by atoms with E-state index in [0.717, 1.165) is 19.0 Å². The molecular formula is C17H31N3. The third-order valence-corrected chi connectivity index (χ3v) is 4.08. The maximum atomic E-state index is 4.79. The zero-order valence-electron chi connectivity index (χ0n) is 13.5. The summed E-state index contributed by atoms with van der Waals surface area (Å²) >= 11 is 0. The van der Waals surface area contributed by atoms with Gasteiger partial charge < -0.3 is 5.32 Å². The molecule has 3 nitrogen and oxygen atoms in total. The molecule has 0 amide bonds. The van der Waals surface area contributed by atoms with Gasteiger partial charge >= 0.3 is 0 Å². The lowest BCUT2D eigenvalue weighted by atomic mass is 10.1. The molecule has 114 valence electrons. The number of nitrogens with one attached hydrogen (secondary N) is 1. The van der Waals surface area contributed by atoms with Gasteiger partial charge in [0.15, 0.2) is 0 Å². The van der Waals surface area contributed by atoms with Crippen molar-refractivity contribution in [2.24, 2.45) is 0 Å². The molecule has 1 saturated carbocycles. The van der Waals surface area contributed by atoms with E-state index in [-0.39, 0.29) is 0 Å². The third-order valence-electron chi connectivity index (χ3n) is 4.08. The topological polar surface area (TPSA) is 29.9 Å². The van der Waals surface area contributed by atoms with Crippen LogP contribution in [0.5, 0.6) is 0 Å². The third kappa shape index (κ3) is 4.62. The van der Waals surface area contributed by atoms with Crippen molar-refractivity contribution in [2.45, 2.75) is 84.2 Å². The highest BCUT2D eigenvalue weighted by atomic mass is 15.3. The molecule has 2 rings (SSSR count). The highest BCUT2D eigenvalue weighted by molar-refractivity contribution is 5.19. The maximum Gasteiger partial charge on any atom is 0.0659 e. The van der Waals surface area contributed by atoms with Crippen molar-refractivity contribution in [3.05, 3.63) is 17.5 Å². The summed E-state index contributed by atoms with van der Waals surface area (Å²) in [4.78, 5) is 0. The first kappa shape index (κ1) is 15.6. The van der Waals surface area contributed by atoms with E-state index in [1.54, 1.807) is 0 Å². The van der Waals surface area contributed by atoms with Gasteiger partial charge in [0.25, 0.3) is 0 Å². The lowest BCUT2D eigenvalue weighted by molar-refractivity contribution is 0.487. The molecule has 0 atom stereocenters. The minimum Gasteiger partial charge on any atom is -0.311 e. The summed E-state index contributed by atoms with van der Waals surface area (Å²) in [6.45, 7) is 8.80. The van der Waals surface area contributed by atoms with Crippen LogP contribution in [0.2, 0.25) is 0 Å². The van der Waals surface area contributed by atoms with Crippen LogP contribution in [-0.4, -0.2) is 16.3 Å². The first-order valence-corrected chi connectivity index (χ1v) is 8.51. The molecule has 0 radical (unpaired) electrons. The molecule has 0 aromatic carbocycles. The van der Waals surface area contributed by atoms with E-state index < -0.39 is 0 Å². The lowest BCUT2D eigenvalue weighted by Crippen LogP contribution is -2.18. The minimum atomic E-state index is 0.462. The molecule has 1 aromatic rings. The number of aromatic nitrogens is 2. The lowest BCUT2D eigenvalue weighted by Gasteiger charge is -2.11. The van der Waals surface area contributed by atoms with Gasteiger partial charge in [-0.2, -0.15) is 5.10 Å². The summed E-state index contributed by atoms with van der Waals surface area (Å²) < 4.78 is 2.21. The van der Waals surface area contributed by atoms with Gasteiger partial charge in [0.05, 0.1) is 11.4 Å². The molecule has 0 unspecified atom stereocenters. The van der Waals surface area contributed by atoms with E-state index in [9.17, 15) is 0 Å². The summed E-state index contributed by atoms with van der Waals surface area (Å²) in [5.74, 6) is 0.753. The van der Waals surface area contributed by atoms with Crippen molar-refractivity contribution in [2.75, 3.05) is 6.54 Å². The minimum absolute atomic E-state index is 0.462. The fourth-order valence-corrected chi connectivity index (χ4v) is 2.68. The summed E-state index contributed by atoms with van der Waals surface area (Å²) in [7, 11) is 0. The Kier molecular flexibility index (Phi) is 6.08. The zero-order chi connectivity index (χ0) is 14.4. The van der Waals surface area contributed by atoms with Crippen molar-refractivity contribution >= 4 is 0 Å². The number of hydrogen-bond donors (Lipinski definition) is 1. The van der Waals surface area contributed by atoms with Crippen LogP contribution in [0.1, 0.15) is 89.1 Å². The molecule has 0 spiro atoms. The van der Waals surface area contributed by atoms with Gasteiger partial charge in [0.2, 0.25) is 0 Å². The van der Waals surface area contributed by atoms with E-state index in [1.165, 1.54) is 56.3 Å². The van der Waals surface area contributed by atoms with Gasteiger partial charge in [0.1, 0.15) is 0 Å². The summed E-state index contributed by atoms with van der Waals surface area (Å²) in [6.07, 6.45) is 9.41. The fraction of sp³-hybridized carbons (Fsp3) is 0.824. The average Bonchev–Trinajstić information content (AvgIpc) is 3.18. The van der Waals surface area contributed by atoms with Gasteiger partial charge in [0, 0.05) is 18.5 Å². The van der Waals surface area contributed by atoms with Crippen LogP contribution in [0.25, 0.3) is 0 Å². The second kappa shape index (κ2) is 7.82. The van der Waals surface area contributed by atoms with E-state index in [2.05, 4.69) is 36.8 Å². The predicted molar refractivity (Wildman–Crippen MR) is 85.1 cm³/mol.